The Morgan fingerprint density at radius 1 is 1.50 bits per heavy atom. The summed E-state index contributed by atoms with van der Waals surface area (Å²) in [6.45, 7) is 2.00. The van der Waals surface area contributed by atoms with Crippen molar-refractivity contribution in [2.75, 3.05) is 0 Å². The summed E-state index contributed by atoms with van der Waals surface area (Å²) in [6, 6.07) is 5.28. The summed E-state index contributed by atoms with van der Waals surface area (Å²) in [4.78, 5) is 0.435. The average molecular weight is 278 g/mol. The van der Waals surface area contributed by atoms with Gasteiger partial charge in [0.25, 0.3) is 0 Å². The van der Waals surface area contributed by atoms with Gasteiger partial charge in [-0.2, -0.15) is 0 Å². The summed E-state index contributed by atoms with van der Waals surface area (Å²) in [5, 5.41) is 0.898. The van der Waals surface area contributed by atoms with Crippen LogP contribution >= 0.6 is 35.4 Å². The molecule has 0 fully saturated rings. The van der Waals surface area contributed by atoms with Crippen LogP contribution in [-0.2, 0) is 0 Å². The first kappa shape index (κ1) is 13.6. The van der Waals surface area contributed by atoms with Gasteiger partial charge < -0.3 is 10.5 Å². The van der Waals surface area contributed by atoms with E-state index >= 15 is 0 Å². The largest absolute Gasteiger partial charge is 0.488 e. The lowest BCUT2D eigenvalue weighted by Gasteiger charge is -2.18. The van der Waals surface area contributed by atoms with Gasteiger partial charge in [-0.1, -0.05) is 48.4 Å². The van der Waals surface area contributed by atoms with E-state index in [2.05, 4.69) is 0 Å². The molecule has 16 heavy (non-hydrogen) atoms. The lowest BCUT2D eigenvalue weighted by atomic mass is 10.2. The SMILES string of the molecule is CCC(CC(N)=S)Oc1cccc(Cl)c1Cl. The number of halogens is 2. The maximum Gasteiger partial charge on any atom is 0.139 e. The zero-order chi connectivity index (χ0) is 12.1. The number of thiocarbonyl (C=S) groups is 1. The molecule has 5 heteroatoms. The van der Waals surface area contributed by atoms with Crippen LogP contribution in [0.1, 0.15) is 19.8 Å². The van der Waals surface area contributed by atoms with E-state index in [1.54, 1.807) is 18.2 Å². The van der Waals surface area contributed by atoms with Gasteiger partial charge in [-0.25, -0.2) is 0 Å². The van der Waals surface area contributed by atoms with Crippen LogP contribution in [0.3, 0.4) is 0 Å². The Bertz CT molecular complexity index is 384. The summed E-state index contributed by atoms with van der Waals surface area (Å²) in [7, 11) is 0. The molecular formula is C11H13Cl2NOS. The molecule has 88 valence electrons. The third kappa shape index (κ3) is 3.81. The smallest absolute Gasteiger partial charge is 0.139 e. The van der Waals surface area contributed by atoms with Crippen molar-refractivity contribution in [2.45, 2.75) is 25.9 Å². The van der Waals surface area contributed by atoms with Crippen molar-refractivity contribution in [1.82, 2.24) is 0 Å². The van der Waals surface area contributed by atoms with E-state index < -0.39 is 0 Å². The molecule has 0 aliphatic heterocycles. The minimum Gasteiger partial charge on any atom is -0.488 e. The van der Waals surface area contributed by atoms with Crippen molar-refractivity contribution >= 4 is 40.4 Å². The van der Waals surface area contributed by atoms with Gasteiger partial charge >= 0.3 is 0 Å². The highest BCUT2D eigenvalue weighted by Crippen LogP contribution is 2.32. The normalized spacial score (nSPS) is 12.2. The highest BCUT2D eigenvalue weighted by atomic mass is 35.5. The quantitative estimate of drug-likeness (QED) is 0.831. The monoisotopic (exact) mass is 277 g/mol. The first-order valence-electron chi connectivity index (χ1n) is 4.93. The molecule has 0 saturated heterocycles. The molecule has 0 aromatic heterocycles. The molecule has 0 aliphatic rings. The van der Waals surface area contributed by atoms with E-state index in [4.69, 9.17) is 45.9 Å². The van der Waals surface area contributed by atoms with Crippen molar-refractivity contribution in [3.8, 4) is 5.75 Å². The molecule has 0 spiro atoms. The fourth-order valence-electron chi connectivity index (χ4n) is 1.25. The van der Waals surface area contributed by atoms with Gasteiger partial charge in [0, 0.05) is 6.42 Å². The molecule has 2 N–H and O–H groups in total. The number of hydrogen-bond acceptors (Lipinski definition) is 2. The van der Waals surface area contributed by atoms with Gasteiger partial charge in [-0.05, 0) is 18.6 Å². The van der Waals surface area contributed by atoms with E-state index in [1.807, 2.05) is 6.92 Å². The maximum atomic E-state index is 6.01. The lowest BCUT2D eigenvalue weighted by Crippen LogP contribution is -2.23. The highest BCUT2D eigenvalue weighted by molar-refractivity contribution is 7.80. The third-order valence-corrected chi connectivity index (χ3v) is 3.06. The van der Waals surface area contributed by atoms with E-state index in [1.165, 1.54) is 0 Å². The fraction of sp³-hybridized carbons (Fsp3) is 0.364. The van der Waals surface area contributed by atoms with Crippen LogP contribution in [0.2, 0.25) is 10.0 Å². The van der Waals surface area contributed by atoms with E-state index in [0.29, 0.717) is 27.2 Å². The van der Waals surface area contributed by atoms with E-state index in [0.717, 1.165) is 6.42 Å². The zero-order valence-corrected chi connectivity index (χ0v) is 11.2. The molecule has 0 bridgehead atoms. The van der Waals surface area contributed by atoms with Gasteiger partial charge in [-0.3, -0.25) is 0 Å². The van der Waals surface area contributed by atoms with Crippen molar-refractivity contribution < 1.29 is 4.74 Å². The Hall–Kier alpha value is -0.510. The molecular weight excluding hydrogens is 265 g/mol. The number of rotatable bonds is 5. The van der Waals surface area contributed by atoms with E-state index in [9.17, 15) is 0 Å². The Balaban J connectivity index is 2.77. The van der Waals surface area contributed by atoms with Crippen LogP contribution in [-0.4, -0.2) is 11.1 Å². The second-order valence-electron chi connectivity index (χ2n) is 3.37. The second-order valence-corrected chi connectivity index (χ2v) is 4.68. The molecule has 1 unspecified atom stereocenters. The highest BCUT2D eigenvalue weighted by Gasteiger charge is 2.13. The van der Waals surface area contributed by atoms with Crippen molar-refractivity contribution in [3.05, 3.63) is 28.2 Å². The Labute approximate surface area is 111 Å². The van der Waals surface area contributed by atoms with Crippen LogP contribution in [0.5, 0.6) is 5.75 Å². The molecule has 1 atom stereocenters. The van der Waals surface area contributed by atoms with Gasteiger partial charge in [0.1, 0.15) is 16.9 Å². The maximum absolute atomic E-state index is 6.01. The average Bonchev–Trinajstić information content (AvgIpc) is 2.23. The Morgan fingerprint density at radius 2 is 2.19 bits per heavy atom. The van der Waals surface area contributed by atoms with Gasteiger partial charge in [-0.15, -0.1) is 0 Å². The molecule has 1 aromatic rings. The van der Waals surface area contributed by atoms with Crippen LogP contribution in [0.15, 0.2) is 18.2 Å². The molecule has 0 heterocycles. The van der Waals surface area contributed by atoms with Gasteiger partial charge in [0.05, 0.1) is 10.0 Å². The third-order valence-electron chi connectivity index (χ3n) is 2.09. The predicted octanol–water partition coefficient (Wildman–Crippen LogP) is 3.83. The number of hydrogen-bond donors (Lipinski definition) is 1. The van der Waals surface area contributed by atoms with Crippen molar-refractivity contribution in [2.24, 2.45) is 5.73 Å². The summed E-state index contributed by atoms with van der Waals surface area (Å²) in [5.41, 5.74) is 5.48. The van der Waals surface area contributed by atoms with Crippen LogP contribution < -0.4 is 10.5 Å². The van der Waals surface area contributed by atoms with Crippen molar-refractivity contribution in [1.29, 1.82) is 0 Å². The molecule has 1 aromatic carbocycles. The number of nitrogens with two attached hydrogens (primary N) is 1. The summed E-state index contributed by atoms with van der Waals surface area (Å²) in [6.07, 6.45) is 1.28. The molecule has 0 saturated carbocycles. The minimum absolute atomic E-state index is 0.0616. The van der Waals surface area contributed by atoms with Crippen LogP contribution in [0.25, 0.3) is 0 Å². The summed E-state index contributed by atoms with van der Waals surface area (Å²) >= 11 is 16.7. The lowest BCUT2D eigenvalue weighted by molar-refractivity contribution is 0.205. The Morgan fingerprint density at radius 3 is 2.75 bits per heavy atom. The van der Waals surface area contributed by atoms with Crippen LogP contribution in [0.4, 0.5) is 0 Å². The predicted molar refractivity (Wildman–Crippen MR) is 72.6 cm³/mol. The van der Waals surface area contributed by atoms with E-state index in [-0.39, 0.29) is 6.10 Å². The first-order valence-corrected chi connectivity index (χ1v) is 6.10. The van der Waals surface area contributed by atoms with Crippen LogP contribution in [0, 0.1) is 0 Å². The topological polar surface area (TPSA) is 35.2 Å². The van der Waals surface area contributed by atoms with Gasteiger partial charge in [0.15, 0.2) is 0 Å². The van der Waals surface area contributed by atoms with Crippen molar-refractivity contribution in [3.63, 3.8) is 0 Å². The second kappa shape index (κ2) is 6.28. The zero-order valence-electron chi connectivity index (χ0n) is 8.87. The Kier molecular flexibility index (Phi) is 5.32. The minimum atomic E-state index is -0.0616. The number of ether oxygens (including phenoxy) is 1. The fourth-order valence-corrected chi connectivity index (χ4v) is 1.77. The molecule has 2 nitrogen and oxygen atoms in total. The molecule has 0 radical (unpaired) electrons. The molecule has 1 rings (SSSR count). The summed E-state index contributed by atoms with van der Waals surface area (Å²) < 4.78 is 5.70. The van der Waals surface area contributed by atoms with Gasteiger partial charge in [0.2, 0.25) is 0 Å². The standard InChI is InChI=1S/C11H13Cl2NOS/c1-2-7(6-10(14)16)15-9-5-3-4-8(12)11(9)13/h3-5,7H,2,6H2,1H3,(H2,14,16). The molecule has 0 aliphatic carbocycles. The summed E-state index contributed by atoms with van der Waals surface area (Å²) in [5.74, 6) is 0.567. The molecule has 0 amide bonds. The first-order chi connectivity index (χ1) is 7.54. The number of benzene rings is 1.